The molecule has 4 aromatic rings. The number of aryl methyl sites for hydroxylation is 1. The van der Waals surface area contributed by atoms with Gasteiger partial charge in [-0.2, -0.15) is 5.10 Å². The molecule has 10 nitrogen and oxygen atoms in total. The van der Waals surface area contributed by atoms with Gasteiger partial charge in [0, 0.05) is 23.9 Å². The van der Waals surface area contributed by atoms with Crippen molar-refractivity contribution in [3.63, 3.8) is 0 Å². The minimum absolute atomic E-state index is 0.0224. The fourth-order valence-corrected chi connectivity index (χ4v) is 5.50. The van der Waals surface area contributed by atoms with Crippen LogP contribution in [0.15, 0.2) is 46.1 Å². The molecule has 0 saturated carbocycles. The fraction of sp³-hybridized carbons (Fsp3) is 0.333. The summed E-state index contributed by atoms with van der Waals surface area (Å²) in [6.07, 6.45) is 6.04. The maximum Gasteiger partial charge on any atom is 0.266 e. The second-order valence-electron chi connectivity index (χ2n) is 8.39. The van der Waals surface area contributed by atoms with Crippen LogP contribution in [0.2, 0.25) is 0 Å². The molecule has 35 heavy (non-hydrogen) atoms. The van der Waals surface area contributed by atoms with E-state index in [-0.39, 0.29) is 16.5 Å². The van der Waals surface area contributed by atoms with E-state index >= 15 is 0 Å². The second kappa shape index (κ2) is 9.23. The third-order valence-corrected chi connectivity index (χ3v) is 7.52. The smallest absolute Gasteiger partial charge is 0.266 e. The number of hydrogen-bond acceptors (Lipinski definition) is 8. The lowest BCUT2D eigenvalue weighted by molar-refractivity contribution is 0.291. The van der Waals surface area contributed by atoms with Crippen LogP contribution in [0.4, 0.5) is 5.82 Å². The van der Waals surface area contributed by atoms with Gasteiger partial charge in [-0.15, -0.1) is 0 Å². The van der Waals surface area contributed by atoms with Crippen LogP contribution >= 0.6 is 0 Å². The highest BCUT2D eigenvalue weighted by atomic mass is 32.2. The van der Waals surface area contributed by atoms with E-state index < -0.39 is 10.0 Å². The van der Waals surface area contributed by atoms with Crippen molar-refractivity contribution in [2.45, 2.75) is 44.2 Å². The minimum Gasteiger partial charge on any atom is -0.495 e. The molecule has 0 bridgehead atoms. The summed E-state index contributed by atoms with van der Waals surface area (Å²) in [5, 5.41) is 8.92. The molecule has 1 aliphatic rings. The van der Waals surface area contributed by atoms with Crippen molar-refractivity contribution in [1.82, 2.24) is 14.9 Å². The number of sulfonamides is 1. The Kier molecular flexibility index (Phi) is 6.12. The van der Waals surface area contributed by atoms with Crippen LogP contribution < -0.4 is 19.9 Å². The van der Waals surface area contributed by atoms with E-state index in [2.05, 4.69) is 15.0 Å². The van der Waals surface area contributed by atoms with Crippen molar-refractivity contribution in [3.8, 4) is 11.5 Å². The lowest BCUT2D eigenvalue weighted by atomic mass is 9.97. The van der Waals surface area contributed by atoms with Gasteiger partial charge in [-0.1, -0.05) is 18.1 Å². The predicted molar refractivity (Wildman–Crippen MR) is 130 cm³/mol. The van der Waals surface area contributed by atoms with Crippen molar-refractivity contribution < 1.29 is 22.4 Å². The summed E-state index contributed by atoms with van der Waals surface area (Å²) in [4.78, 5) is 0.0224. The molecular formula is C24H27N5O5S. The molecule has 3 N–H and O–H groups in total. The standard InChI is InChI=1S/C24H27N5O5S/c1-3-15-6-7-21(19(9-15)32-2)35(30,31)28-24-22-20(34-27-24)10-17(18-5-4-8-33-23(18)22)14-29-13-16(11-25)12-26-29/h6-7,9-10,12-13H,3-5,8,11,14,25H2,1-2H3,(H,27,28). The Morgan fingerprint density at radius 1 is 1.26 bits per heavy atom. The molecule has 3 heterocycles. The Hall–Kier alpha value is -3.57. The van der Waals surface area contributed by atoms with Gasteiger partial charge in [0.2, 0.25) is 0 Å². The summed E-state index contributed by atoms with van der Waals surface area (Å²) < 4.78 is 47.9. The van der Waals surface area contributed by atoms with Crippen LogP contribution in [0.1, 0.15) is 35.6 Å². The van der Waals surface area contributed by atoms with E-state index in [4.69, 9.17) is 19.7 Å². The van der Waals surface area contributed by atoms with Gasteiger partial charge in [0.05, 0.1) is 26.5 Å². The first kappa shape index (κ1) is 23.2. The third-order valence-electron chi connectivity index (χ3n) is 6.14. The van der Waals surface area contributed by atoms with Gasteiger partial charge in [0.1, 0.15) is 21.8 Å². The van der Waals surface area contributed by atoms with Crippen molar-refractivity contribution >= 4 is 26.8 Å². The molecule has 0 atom stereocenters. The van der Waals surface area contributed by atoms with Crippen molar-refractivity contribution in [2.75, 3.05) is 18.4 Å². The number of nitrogens with one attached hydrogen (secondary N) is 1. The molecule has 0 unspecified atom stereocenters. The summed E-state index contributed by atoms with van der Waals surface area (Å²) in [6, 6.07) is 6.89. The van der Waals surface area contributed by atoms with E-state index in [0.717, 1.165) is 41.5 Å². The average molecular weight is 498 g/mol. The molecule has 1 aliphatic heterocycles. The Morgan fingerprint density at radius 2 is 2.11 bits per heavy atom. The molecular weight excluding hydrogens is 470 g/mol. The number of rotatable bonds is 8. The maximum absolute atomic E-state index is 13.3. The van der Waals surface area contributed by atoms with Crippen LogP contribution in [-0.4, -0.2) is 37.1 Å². The number of anilines is 1. The topological polar surface area (TPSA) is 134 Å². The predicted octanol–water partition coefficient (Wildman–Crippen LogP) is 3.23. The molecule has 0 fully saturated rings. The second-order valence-corrected chi connectivity index (χ2v) is 10.0. The fourth-order valence-electron chi connectivity index (χ4n) is 4.34. The van der Waals surface area contributed by atoms with E-state index in [1.807, 2.05) is 23.9 Å². The van der Waals surface area contributed by atoms with E-state index in [1.165, 1.54) is 13.2 Å². The van der Waals surface area contributed by atoms with Crippen LogP contribution in [-0.2, 0) is 36.0 Å². The molecule has 5 rings (SSSR count). The molecule has 0 radical (unpaired) electrons. The maximum atomic E-state index is 13.3. The van der Waals surface area contributed by atoms with Crippen molar-refractivity contribution in [2.24, 2.45) is 5.73 Å². The molecule has 0 spiro atoms. The molecule has 184 valence electrons. The number of ether oxygens (including phenoxy) is 2. The number of aromatic nitrogens is 3. The summed E-state index contributed by atoms with van der Waals surface area (Å²) in [5.74, 6) is 0.930. The average Bonchev–Trinajstić information content (AvgIpc) is 3.50. The lowest BCUT2D eigenvalue weighted by Gasteiger charge is -2.21. The first-order valence-electron chi connectivity index (χ1n) is 11.4. The molecule has 2 aromatic carbocycles. The third kappa shape index (κ3) is 4.32. The Labute approximate surface area is 203 Å². The Bertz CT molecular complexity index is 1490. The normalized spacial score (nSPS) is 13.5. The number of fused-ring (bicyclic) bond motifs is 3. The number of methoxy groups -OCH3 is 1. The van der Waals surface area contributed by atoms with Gasteiger partial charge in [-0.25, -0.2) is 8.42 Å². The Balaban J connectivity index is 1.55. The highest BCUT2D eigenvalue weighted by Gasteiger charge is 2.28. The molecule has 2 aromatic heterocycles. The van der Waals surface area contributed by atoms with Gasteiger partial charge >= 0.3 is 0 Å². The molecule has 0 saturated heterocycles. The molecule has 0 aliphatic carbocycles. The van der Waals surface area contributed by atoms with E-state index in [1.54, 1.807) is 18.3 Å². The SMILES string of the molecule is CCc1ccc(S(=O)(=O)Nc2noc3cc(Cn4cc(CN)cn4)c4c(c23)OCCC4)c(OC)c1. The van der Waals surface area contributed by atoms with Gasteiger partial charge in [0.15, 0.2) is 11.4 Å². The van der Waals surface area contributed by atoms with Crippen LogP contribution in [0, 0.1) is 0 Å². The Morgan fingerprint density at radius 3 is 2.86 bits per heavy atom. The van der Waals surface area contributed by atoms with Gasteiger partial charge < -0.3 is 19.7 Å². The van der Waals surface area contributed by atoms with Gasteiger partial charge in [-0.05, 0) is 48.6 Å². The van der Waals surface area contributed by atoms with Gasteiger partial charge in [0.25, 0.3) is 10.0 Å². The molecule has 0 amide bonds. The van der Waals surface area contributed by atoms with E-state index in [0.29, 0.717) is 36.4 Å². The van der Waals surface area contributed by atoms with Crippen molar-refractivity contribution in [3.05, 3.63) is 58.9 Å². The summed E-state index contributed by atoms with van der Waals surface area (Å²) in [5.41, 5.74) is 10.0. The number of hydrogen-bond donors (Lipinski definition) is 2. The number of benzene rings is 2. The van der Waals surface area contributed by atoms with Crippen molar-refractivity contribution in [1.29, 1.82) is 0 Å². The quantitative estimate of drug-likeness (QED) is 0.379. The van der Waals surface area contributed by atoms with E-state index in [9.17, 15) is 8.42 Å². The minimum atomic E-state index is -4.01. The first-order chi connectivity index (χ1) is 16.9. The summed E-state index contributed by atoms with van der Waals surface area (Å²) in [6.45, 7) is 3.43. The number of nitrogens with zero attached hydrogens (tertiary/aromatic N) is 3. The highest BCUT2D eigenvalue weighted by Crippen LogP contribution is 2.41. The largest absolute Gasteiger partial charge is 0.495 e. The van der Waals surface area contributed by atoms with Gasteiger partial charge in [-0.3, -0.25) is 9.40 Å². The van der Waals surface area contributed by atoms with Crippen LogP contribution in [0.3, 0.4) is 0 Å². The highest BCUT2D eigenvalue weighted by molar-refractivity contribution is 7.92. The monoisotopic (exact) mass is 497 g/mol. The summed E-state index contributed by atoms with van der Waals surface area (Å²) in [7, 11) is -2.56. The van der Waals surface area contributed by atoms with Crippen LogP contribution in [0.25, 0.3) is 11.0 Å². The molecule has 11 heteroatoms. The van der Waals surface area contributed by atoms with Crippen LogP contribution in [0.5, 0.6) is 11.5 Å². The zero-order valence-electron chi connectivity index (χ0n) is 19.6. The number of nitrogens with two attached hydrogens (primary N) is 1. The lowest BCUT2D eigenvalue weighted by Crippen LogP contribution is -2.16. The summed E-state index contributed by atoms with van der Waals surface area (Å²) >= 11 is 0. The zero-order chi connectivity index (χ0) is 24.6. The first-order valence-corrected chi connectivity index (χ1v) is 12.9. The zero-order valence-corrected chi connectivity index (χ0v) is 20.4.